The Labute approximate surface area is 115 Å². The number of nitrogen functional groups attached to an aromatic ring is 1. The van der Waals surface area contributed by atoms with E-state index in [1.807, 2.05) is 0 Å². The van der Waals surface area contributed by atoms with Crippen molar-refractivity contribution in [1.82, 2.24) is 4.98 Å². The number of pyridine rings is 1. The zero-order valence-corrected chi connectivity index (χ0v) is 11.7. The molecule has 4 fully saturated rings. The average Bonchev–Trinajstić information content (AvgIpc) is 2.31. The number of nitrogens with one attached hydrogen (secondary N) is 1. The molecule has 0 saturated heterocycles. The van der Waals surface area contributed by atoms with Gasteiger partial charge in [-0.1, -0.05) is 0 Å². The van der Waals surface area contributed by atoms with Crippen LogP contribution in [0.25, 0.3) is 0 Å². The van der Waals surface area contributed by atoms with Crippen molar-refractivity contribution in [3.8, 4) is 0 Å². The molecule has 4 saturated carbocycles. The van der Waals surface area contributed by atoms with Crippen LogP contribution in [0.1, 0.15) is 44.1 Å². The highest BCUT2D eigenvalue weighted by atomic mass is 15.1. The predicted octanol–water partition coefficient (Wildman–Crippen LogP) is 3.35. The Bertz CT molecular complexity index is 473. The van der Waals surface area contributed by atoms with Gasteiger partial charge in [0.15, 0.2) is 0 Å². The first-order valence-corrected chi connectivity index (χ1v) is 7.62. The largest absolute Gasteiger partial charge is 0.397 e. The Morgan fingerprint density at radius 2 is 1.74 bits per heavy atom. The zero-order chi connectivity index (χ0) is 13.0. The molecule has 0 unspecified atom stereocenters. The van der Waals surface area contributed by atoms with E-state index >= 15 is 0 Å². The van der Waals surface area contributed by atoms with E-state index in [0.717, 1.165) is 34.8 Å². The summed E-state index contributed by atoms with van der Waals surface area (Å²) < 4.78 is 0. The van der Waals surface area contributed by atoms with Crippen LogP contribution < -0.4 is 11.1 Å². The van der Waals surface area contributed by atoms with Crippen LogP contribution in [0.2, 0.25) is 0 Å². The molecule has 1 aromatic heterocycles. The minimum atomic E-state index is 0.338. The Morgan fingerprint density at radius 1 is 1.16 bits per heavy atom. The van der Waals surface area contributed by atoms with Crippen molar-refractivity contribution in [3.05, 3.63) is 17.8 Å². The molecule has 3 nitrogen and oxygen atoms in total. The lowest BCUT2D eigenvalue weighted by atomic mass is 9.53. The van der Waals surface area contributed by atoms with Crippen LogP contribution in [-0.4, -0.2) is 10.5 Å². The molecule has 0 amide bonds. The average molecular weight is 257 g/mol. The first-order valence-electron chi connectivity index (χ1n) is 7.62. The van der Waals surface area contributed by atoms with E-state index in [1.165, 1.54) is 38.5 Å². The first kappa shape index (κ1) is 11.6. The Kier molecular flexibility index (Phi) is 2.36. The highest BCUT2D eigenvalue weighted by Gasteiger charge is 2.51. The lowest BCUT2D eigenvalue weighted by Crippen LogP contribution is -2.54. The molecule has 3 heteroatoms. The van der Waals surface area contributed by atoms with Crippen LogP contribution in [0.3, 0.4) is 0 Å². The first-order chi connectivity index (χ1) is 9.12. The van der Waals surface area contributed by atoms with Gasteiger partial charge in [0.25, 0.3) is 0 Å². The van der Waals surface area contributed by atoms with Gasteiger partial charge in [0.2, 0.25) is 0 Å². The maximum Gasteiger partial charge on any atom is 0.126 e. The van der Waals surface area contributed by atoms with Gasteiger partial charge in [-0.25, -0.2) is 4.98 Å². The molecule has 1 heterocycles. The van der Waals surface area contributed by atoms with E-state index in [4.69, 9.17) is 5.73 Å². The fourth-order valence-corrected chi connectivity index (χ4v) is 5.17. The van der Waals surface area contributed by atoms with Crippen LogP contribution in [0.15, 0.2) is 12.3 Å². The number of nitrogens with two attached hydrogens (primary N) is 1. The molecule has 3 N–H and O–H groups in total. The lowest BCUT2D eigenvalue weighted by Gasteiger charge is -2.57. The molecular weight excluding hydrogens is 234 g/mol. The van der Waals surface area contributed by atoms with Crippen LogP contribution in [-0.2, 0) is 0 Å². The number of aryl methyl sites for hydroxylation is 1. The normalized spacial score (nSPS) is 39.5. The van der Waals surface area contributed by atoms with Crippen LogP contribution >= 0.6 is 0 Å². The van der Waals surface area contributed by atoms with Crippen molar-refractivity contribution >= 4 is 11.5 Å². The van der Waals surface area contributed by atoms with E-state index < -0.39 is 0 Å². The second kappa shape index (κ2) is 3.87. The molecule has 0 radical (unpaired) electrons. The molecule has 0 spiro atoms. The third-order valence-corrected chi connectivity index (χ3v) is 5.58. The van der Waals surface area contributed by atoms with Gasteiger partial charge < -0.3 is 11.1 Å². The fourth-order valence-electron chi connectivity index (χ4n) is 5.17. The summed E-state index contributed by atoms with van der Waals surface area (Å²) in [4.78, 5) is 4.48. The molecule has 0 atom stereocenters. The number of anilines is 2. The van der Waals surface area contributed by atoms with E-state index in [0.29, 0.717) is 5.54 Å². The van der Waals surface area contributed by atoms with Crippen LogP contribution in [0, 0.1) is 24.7 Å². The lowest BCUT2D eigenvalue weighted by molar-refractivity contribution is 0.0105. The maximum absolute atomic E-state index is 5.86. The number of rotatable bonds is 2. The summed E-state index contributed by atoms with van der Waals surface area (Å²) in [6, 6.07) is 2.11. The van der Waals surface area contributed by atoms with Gasteiger partial charge in [-0.2, -0.15) is 0 Å². The standard InChI is InChI=1S/C16H23N3/c1-10-2-15(18-9-14(10)17)19-16-6-11-3-12(7-16)5-13(4-11)8-16/h2,9,11-13H,3-8,17H2,1H3,(H,18,19). The third-order valence-electron chi connectivity index (χ3n) is 5.58. The van der Waals surface area contributed by atoms with E-state index in [9.17, 15) is 0 Å². The topological polar surface area (TPSA) is 50.9 Å². The Hall–Kier alpha value is -1.25. The summed E-state index contributed by atoms with van der Waals surface area (Å²) in [5, 5.41) is 3.79. The molecule has 4 aliphatic rings. The van der Waals surface area contributed by atoms with Gasteiger partial charge in [-0.05, 0) is 74.8 Å². The number of aromatic nitrogens is 1. The number of hydrogen-bond acceptors (Lipinski definition) is 3. The third kappa shape index (κ3) is 1.90. The minimum Gasteiger partial charge on any atom is -0.397 e. The quantitative estimate of drug-likeness (QED) is 0.854. The number of nitrogens with zero attached hydrogens (tertiary/aromatic N) is 1. The molecule has 19 heavy (non-hydrogen) atoms. The Balaban J connectivity index is 1.60. The predicted molar refractivity (Wildman–Crippen MR) is 77.9 cm³/mol. The summed E-state index contributed by atoms with van der Waals surface area (Å²) in [6.45, 7) is 2.06. The summed E-state index contributed by atoms with van der Waals surface area (Å²) in [5.74, 6) is 3.92. The molecule has 1 aromatic rings. The van der Waals surface area contributed by atoms with Crippen molar-refractivity contribution in [3.63, 3.8) is 0 Å². The van der Waals surface area contributed by atoms with Crippen LogP contribution in [0.5, 0.6) is 0 Å². The van der Waals surface area contributed by atoms with E-state index in [2.05, 4.69) is 23.3 Å². The summed E-state index contributed by atoms with van der Waals surface area (Å²) in [5.41, 5.74) is 8.11. The van der Waals surface area contributed by atoms with Gasteiger partial charge in [-0.3, -0.25) is 0 Å². The molecular formula is C16H23N3. The maximum atomic E-state index is 5.86. The van der Waals surface area contributed by atoms with E-state index in [1.54, 1.807) is 6.20 Å². The minimum absolute atomic E-state index is 0.338. The molecule has 4 bridgehead atoms. The summed E-state index contributed by atoms with van der Waals surface area (Å²) in [6.07, 6.45) is 10.3. The number of hydrogen-bond donors (Lipinski definition) is 2. The smallest absolute Gasteiger partial charge is 0.126 e. The molecule has 102 valence electrons. The van der Waals surface area contributed by atoms with Crippen molar-refractivity contribution in [2.75, 3.05) is 11.1 Å². The van der Waals surface area contributed by atoms with Gasteiger partial charge in [0.05, 0.1) is 11.9 Å². The highest BCUT2D eigenvalue weighted by Crippen LogP contribution is 2.56. The van der Waals surface area contributed by atoms with Crippen molar-refractivity contribution in [2.24, 2.45) is 17.8 Å². The second-order valence-corrected chi connectivity index (χ2v) is 7.25. The van der Waals surface area contributed by atoms with Crippen molar-refractivity contribution in [2.45, 2.75) is 51.0 Å². The SMILES string of the molecule is Cc1cc(NC23CC4CC(CC(C4)C2)C3)ncc1N. The molecule has 0 aliphatic heterocycles. The van der Waals surface area contributed by atoms with Crippen molar-refractivity contribution in [1.29, 1.82) is 0 Å². The summed E-state index contributed by atoms with van der Waals surface area (Å²) in [7, 11) is 0. The molecule has 4 aliphatic carbocycles. The summed E-state index contributed by atoms with van der Waals surface area (Å²) >= 11 is 0. The molecule has 5 rings (SSSR count). The van der Waals surface area contributed by atoms with Gasteiger partial charge in [-0.15, -0.1) is 0 Å². The Morgan fingerprint density at radius 3 is 2.26 bits per heavy atom. The van der Waals surface area contributed by atoms with Gasteiger partial charge >= 0.3 is 0 Å². The monoisotopic (exact) mass is 257 g/mol. The fraction of sp³-hybridized carbons (Fsp3) is 0.688. The van der Waals surface area contributed by atoms with Gasteiger partial charge in [0.1, 0.15) is 5.82 Å². The van der Waals surface area contributed by atoms with Crippen LogP contribution in [0.4, 0.5) is 11.5 Å². The highest BCUT2D eigenvalue weighted by molar-refractivity contribution is 5.52. The zero-order valence-electron chi connectivity index (χ0n) is 11.7. The van der Waals surface area contributed by atoms with Crippen molar-refractivity contribution < 1.29 is 0 Å². The second-order valence-electron chi connectivity index (χ2n) is 7.25. The van der Waals surface area contributed by atoms with E-state index in [-0.39, 0.29) is 0 Å². The molecule has 0 aromatic carbocycles. The van der Waals surface area contributed by atoms with Gasteiger partial charge in [0, 0.05) is 5.54 Å².